The largest absolute Gasteiger partial charge is 0.494 e. The molecule has 0 aromatic heterocycles. The quantitative estimate of drug-likeness (QED) is 0.570. The van der Waals surface area contributed by atoms with Gasteiger partial charge in [-0.15, -0.1) is 0 Å². The lowest BCUT2D eigenvalue weighted by atomic mass is 9.99. The molecule has 3 rings (SSSR count). The predicted octanol–water partition coefficient (Wildman–Crippen LogP) is 5.61. The van der Waals surface area contributed by atoms with Crippen molar-refractivity contribution in [2.45, 2.75) is 45.6 Å². The van der Waals surface area contributed by atoms with E-state index in [1.54, 1.807) is 12.1 Å². The number of carbonyl (C=O) groups is 1. The van der Waals surface area contributed by atoms with Crippen molar-refractivity contribution in [1.29, 1.82) is 0 Å². The van der Waals surface area contributed by atoms with Crippen molar-refractivity contribution in [2.75, 3.05) is 24.6 Å². The molecule has 0 saturated carbocycles. The van der Waals surface area contributed by atoms with Gasteiger partial charge in [0.25, 0.3) is 0 Å². The molecular formula is C24H31ClN2O2. The number of ether oxygens (including phenoxy) is 1. The van der Waals surface area contributed by atoms with E-state index in [0.717, 1.165) is 30.3 Å². The van der Waals surface area contributed by atoms with Crippen LogP contribution in [0.3, 0.4) is 0 Å². The lowest BCUT2D eigenvalue weighted by Crippen LogP contribution is -2.34. The van der Waals surface area contributed by atoms with Crippen molar-refractivity contribution in [1.82, 2.24) is 5.32 Å². The highest BCUT2D eigenvalue weighted by Gasteiger charge is 2.17. The Morgan fingerprint density at radius 2 is 1.93 bits per heavy atom. The van der Waals surface area contributed by atoms with Crippen LogP contribution in [0.2, 0.25) is 5.02 Å². The Labute approximate surface area is 179 Å². The van der Waals surface area contributed by atoms with Crippen LogP contribution in [0.4, 0.5) is 5.69 Å². The van der Waals surface area contributed by atoms with E-state index in [9.17, 15) is 4.79 Å². The number of anilines is 1. The van der Waals surface area contributed by atoms with Crippen molar-refractivity contribution in [3.63, 3.8) is 0 Å². The van der Waals surface area contributed by atoms with Gasteiger partial charge in [-0.1, -0.05) is 30.7 Å². The van der Waals surface area contributed by atoms with E-state index in [-0.39, 0.29) is 11.9 Å². The van der Waals surface area contributed by atoms with E-state index >= 15 is 0 Å². The van der Waals surface area contributed by atoms with E-state index in [1.807, 2.05) is 19.1 Å². The maximum absolute atomic E-state index is 12.2. The average Bonchev–Trinajstić information content (AvgIpc) is 2.72. The Kier molecular flexibility index (Phi) is 7.82. The molecule has 1 N–H and O–H groups in total. The molecule has 0 aliphatic carbocycles. The van der Waals surface area contributed by atoms with Crippen LogP contribution < -0.4 is 15.0 Å². The first-order chi connectivity index (χ1) is 14.0. The van der Waals surface area contributed by atoms with Crippen LogP contribution in [0.25, 0.3) is 0 Å². The van der Waals surface area contributed by atoms with E-state index in [0.29, 0.717) is 24.5 Å². The fraction of sp³-hybridized carbons (Fsp3) is 0.458. The summed E-state index contributed by atoms with van der Waals surface area (Å²) in [6, 6.07) is 15.9. The van der Waals surface area contributed by atoms with Crippen LogP contribution in [0, 0.1) is 5.92 Å². The highest BCUT2D eigenvalue weighted by atomic mass is 35.5. The topological polar surface area (TPSA) is 41.6 Å². The Hall–Kier alpha value is -2.20. The van der Waals surface area contributed by atoms with Crippen LogP contribution in [0.15, 0.2) is 48.5 Å². The fourth-order valence-electron chi connectivity index (χ4n) is 3.75. The molecule has 2 aromatic carbocycles. The molecule has 0 unspecified atom stereocenters. The lowest BCUT2D eigenvalue weighted by Gasteiger charge is -2.33. The fourth-order valence-corrected chi connectivity index (χ4v) is 3.87. The summed E-state index contributed by atoms with van der Waals surface area (Å²) >= 11 is 5.86. The first kappa shape index (κ1) is 21.5. The van der Waals surface area contributed by atoms with Gasteiger partial charge in [-0.2, -0.15) is 0 Å². The molecule has 2 atom stereocenters. The summed E-state index contributed by atoms with van der Waals surface area (Å²) in [5.74, 6) is 1.57. The summed E-state index contributed by atoms with van der Waals surface area (Å²) in [5, 5.41) is 3.77. The molecule has 156 valence electrons. The molecular weight excluding hydrogens is 384 g/mol. The Morgan fingerprint density at radius 1 is 1.21 bits per heavy atom. The van der Waals surface area contributed by atoms with E-state index in [1.165, 1.54) is 18.5 Å². The zero-order chi connectivity index (χ0) is 20.6. The van der Waals surface area contributed by atoms with Gasteiger partial charge in [-0.3, -0.25) is 4.79 Å². The first-order valence-corrected chi connectivity index (χ1v) is 10.9. The molecule has 2 aromatic rings. The summed E-state index contributed by atoms with van der Waals surface area (Å²) in [6.45, 7) is 7.11. The van der Waals surface area contributed by atoms with Crippen LogP contribution >= 0.6 is 11.6 Å². The summed E-state index contributed by atoms with van der Waals surface area (Å²) in [6.07, 6.45) is 3.70. The minimum absolute atomic E-state index is 0.00554. The second kappa shape index (κ2) is 10.5. The molecule has 4 nitrogen and oxygen atoms in total. The minimum atomic E-state index is -0.00554. The SMILES string of the molecule is C[C@@H]1CCCN(c2ccc([C@@H](C)NC(=O)CCCOc3ccc(Cl)cc3)cc2)C1. The third-order valence-electron chi connectivity index (χ3n) is 5.42. The third-order valence-corrected chi connectivity index (χ3v) is 5.68. The van der Waals surface area contributed by atoms with Gasteiger partial charge in [0.05, 0.1) is 12.6 Å². The van der Waals surface area contributed by atoms with E-state index < -0.39 is 0 Å². The summed E-state index contributed by atoms with van der Waals surface area (Å²) in [5.41, 5.74) is 2.41. The maximum atomic E-state index is 12.2. The highest BCUT2D eigenvalue weighted by molar-refractivity contribution is 6.30. The normalized spacial score (nSPS) is 17.6. The number of hydrogen-bond acceptors (Lipinski definition) is 3. The molecule has 1 fully saturated rings. The monoisotopic (exact) mass is 414 g/mol. The smallest absolute Gasteiger partial charge is 0.220 e. The number of rotatable bonds is 8. The number of halogens is 1. The number of carbonyl (C=O) groups excluding carboxylic acids is 1. The van der Waals surface area contributed by atoms with Gasteiger partial charge in [0, 0.05) is 30.2 Å². The zero-order valence-corrected chi connectivity index (χ0v) is 18.1. The number of nitrogens with one attached hydrogen (secondary N) is 1. The number of nitrogens with zero attached hydrogens (tertiary/aromatic N) is 1. The van der Waals surface area contributed by atoms with Gasteiger partial charge in [-0.25, -0.2) is 0 Å². The molecule has 29 heavy (non-hydrogen) atoms. The van der Waals surface area contributed by atoms with Crippen LogP contribution in [0.5, 0.6) is 5.75 Å². The maximum Gasteiger partial charge on any atom is 0.220 e. The second-order valence-electron chi connectivity index (χ2n) is 7.98. The van der Waals surface area contributed by atoms with Crippen molar-refractivity contribution in [3.05, 3.63) is 59.1 Å². The Bertz CT molecular complexity index is 776. The van der Waals surface area contributed by atoms with Gasteiger partial charge in [0.15, 0.2) is 0 Å². The number of benzene rings is 2. The van der Waals surface area contributed by atoms with E-state index in [4.69, 9.17) is 16.3 Å². The molecule has 0 bridgehead atoms. The number of piperidine rings is 1. The molecule has 1 saturated heterocycles. The molecule has 1 amide bonds. The lowest BCUT2D eigenvalue weighted by molar-refractivity contribution is -0.121. The van der Waals surface area contributed by atoms with Crippen LogP contribution in [-0.2, 0) is 4.79 Å². The molecule has 0 radical (unpaired) electrons. The first-order valence-electron chi connectivity index (χ1n) is 10.5. The molecule has 1 heterocycles. The molecule has 1 aliphatic heterocycles. The number of amides is 1. The van der Waals surface area contributed by atoms with Crippen LogP contribution in [-0.4, -0.2) is 25.6 Å². The van der Waals surface area contributed by atoms with Gasteiger partial charge in [0.1, 0.15) is 5.75 Å². The molecule has 5 heteroatoms. The van der Waals surface area contributed by atoms with E-state index in [2.05, 4.69) is 41.4 Å². The van der Waals surface area contributed by atoms with Gasteiger partial charge in [-0.05, 0) is 74.1 Å². The Balaban J connectivity index is 1.40. The van der Waals surface area contributed by atoms with Gasteiger partial charge in [0.2, 0.25) is 5.91 Å². The van der Waals surface area contributed by atoms with Crippen molar-refractivity contribution in [3.8, 4) is 5.75 Å². The number of hydrogen-bond donors (Lipinski definition) is 1. The summed E-state index contributed by atoms with van der Waals surface area (Å²) in [4.78, 5) is 14.7. The highest BCUT2D eigenvalue weighted by Crippen LogP contribution is 2.24. The standard InChI is InChI=1S/C24H31ClN2O2/c1-18-5-3-15-27(17-18)22-11-7-20(8-12-22)19(2)26-24(28)6-4-16-29-23-13-9-21(25)10-14-23/h7-14,18-19H,3-6,15-17H2,1-2H3,(H,26,28)/t18-,19-/m1/s1. The molecule has 1 aliphatic rings. The van der Waals surface area contributed by atoms with Crippen molar-refractivity contribution >= 4 is 23.2 Å². The molecule has 0 spiro atoms. The minimum Gasteiger partial charge on any atom is -0.494 e. The third kappa shape index (κ3) is 6.67. The van der Waals surface area contributed by atoms with Crippen LogP contribution in [0.1, 0.15) is 51.1 Å². The summed E-state index contributed by atoms with van der Waals surface area (Å²) < 4.78 is 5.64. The van der Waals surface area contributed by atoms with Crippen molar-refractivity contribution in [2.24, 2.45) is 5.92 Å². The van der Waals surface area contributed by atoms with Gasteiger partial charge < -0.3 is 15.0 Å². The Morgan fingerprint density at radius 3 is 2.62 bits per heavy atom. The van der Waals surface area contributed by atoms with Crippen molar-refractivity contribution < 1.29 is 9.53 Å². The zero-order valence-electron chi connectivity index (χ0n) is 17.4. The average molecular weight is 415 g/mol. The second-order valence-corrected chi connectivity index (χ2v) is 8.42. The predicted molar refractivity (Wildman–Crippen MR) is 120 cm³/mol. The van der Waals surface area contributed by atoms with Gasteiger partial charge >= 0.3 is 0 Å². The summed E-state index contributed by atoms with van der Waals surface area (Å²) in [7, 11) is 0.